The maximum absolute atomic E-state index is 4.86. The van der Waals surface area contributed by atoms with Gasteiger partial charge in [-0.25, -0.2) is 38.2 Å². The molecular weight excluding hydrogens is 1530 g/mol. The van der Waals surface area contributed by atoms with E-state index in [2.05, 4.69) is 435 Å². The predicted molar refractivity (Wildman–Crippen MR) is 522 cm³/mol. The van der Waals surface area contributed by atoms with E-state index in [1.165, 1.54) is 189 Å². The van der Waals surface area contributed by atoms with Crippen molar-refractivity contribution in [2.75, 3.05) is 0 Å². The normalized spacial score (nSPS) is 16.0. The number of fused-ring (bicyclic) bond motifs is 17. The first-order chi connectivity index (χ1) is 59.3. The van der Waals surface area contributed by atoms with Crippen LogP contribution in [0.4, 0.5) is 0 Å². The molecule has 0 atom stereocenters. The summed E-state index contributed by atoms with van der Waals surface area (Å²) in [6, 6.07) is 63.7. The van der Waals surface area contributed by atoms with Crippen molar-refractivity contribution in [3.05, 3.63) is 320 Å². The Morgan fingerprint density at radius 3 is 1.10 bits per heavy atom. The van der Waals surface area contributed by atoms with Crippen LogP contribution in [0.3, 0.4) is 0 Å². The molecule has 0 radical (unpaired) electrons. The minimum absolute atomic E-state index is 0.000776. The molecule has 0 N–H and O–H groups in total. The first-order valence-electron chi connectivity index (χ1n) is 45.1. The van der Waals surface area contributed by atoms with Gasteiger partial charge in [-0.3, -0.25) is 9.97 Å². The van der Waals surface area contributed by atoms with Crippen LogP contribution in [0.1, 0.15) is 211 Å². The standard InChI is InChI=1S/C30H33N2.C29H32N3.C29H31N2.C28H30N3/c1-18-11-12-32(8)28(13-18)22-16-23-24-17-27-21(10-9-20(3)31-27)15-26(24)30(6,7)29(4,5)25(23)14-19(22)2;1-17-9-10-32(8)27(11-17)21-14-22-23-15-26-20(16-30-19(3)31-26)13-25(23)29(6,7)28(4,5)24(22)12-18(21)2;1-18-14-15-31(7)24(16-18)25-19(2)12-13-20-22-17-30-23-11-9-8-10-21(23)26(22)28(3,4)29(5,6)27(20)25;1-17-8-9-31(7)26(10-17)20-13-21-22-14-25-19(15-29-16-30-25)12-24(22)28(5,6)27(3,4)23(21)11-18(20)2/h9-17H,1-8H3;9-16H,1-8H3;8-17H,1-7H3;8-16H,1-7H3/q4*+1. The lowest BCUT2D eigenvalue weighted by Gasteiger charge is -2.49. The number of para-hydroxylation sites is 1. The Hall–Kier alpha value is -12.1. The van der Waals surface area contributed by atoms with E-state index in [0.29, 0.717) is 0 Å². The van der Waals surface area contributed by atoms with E-state index in [1.807, 2.05) is 19.3 Å². The van der Waals surface area contributed by atoms with Crippen LogP contribution < -0.4 is 18.3 Å². The fraction of sp³-hybridized carbons (Fsp3) is 0.328. The van der Waals surface area contributed by atoms with Crippen LogP contribution in [0.2, 0.25) is 0 Å². The largest absolute Gasteiger partial charge is 0.256 e. The van der Waals surface area contributed by atoms with E-state index in [4.69, 9.17) is 15.0 Å². The summed E-state index contributed by atoms with van der Waals surface area (Å²) in [7, 11) is 8.54. The van der Waals surface area contributed by atoms with Gasteiger partial charge in [0.05, 0.1) is 27.6 Å². The molecule has 4 aliphatic carbocycles. The number of rotatable bonds is 4. The number of benzene rings is 8. The van der Waals surface area contributed by atoms with E-state index in [9.17, 15) is 0 Å². The van der Waals surface area contributed by atoms with Crippen molar-refractivity contribution in [1.82, 2.24) is 29.9 Å². The number of pyridine rings is 6. The molecule has 8 heterocycles. The zero-order chi connectivity index (χ0) is 90.3. The number of aromatic nitrogens is 10. The second-order valence-electron chi connectivity index (χ2n) is 41.6. The van der Waals surface area contributed by atoms with E-state index < -0.39 is 0 Å². The molecule has 0 unspecified atom stereocenters. The third kappa shape index (κ3) is 13.6. The number of hydrogen-bond donors (Lipinski definition) is 0. The maximum Gasteiger partial charge on any atom is 0.213 e. The average Bonchev–Trinajstić information content (AvgIpc) is 0.697. The molecule has 16 aromatic rings. The van der Waals surface area contributed by atoms with Gasteiger partial charge in [0.2, 0.25) is 22.8 Å². The first-order valence-corrected chi connectivity index (χ1v) is 45.1. The summed E-state index contributed by atoms with van der Waals surface area (Å²) < 4.78 is 8.92. The van der Waals surface area contributed by atoms with Crippen molar-refractivity contribution in [3.63, 3.8) is 0 Å². The van der Waals surface area contributed by atoms with Gasteiger partial charge < -0.3 is 0 Å². The van der Waals surface area contributed by atoms with Crippen LogP contribution >= 0.6 is 0 Å². The van der Waals surface area contributed by atoms with Crippen LogP contribution in [0.25, 0.3) is 133 Å². The van der Waals surface area contributed by atoms with Gasteiger partial charge in [-0.2, -0.15) is 0 Å². The summed E-state index contributed by atoms with van der Waals surface area (Å²) >= 11 is 0. The molecule has 10 nitrogen and oxygen atoms in total. The summed E-state index contributed by atoms with van der Waals surface area (Å²) in [6.07, 6.45) is 16.3. The van der Waals surface area contributed by atoms with Crippen molar-refractivity contribution < 1.29 is 18.3 Å². The van der Waals surface area contributed by atoms with Gasteiger partial charge in [0, 0.05) is 127 Å². The van der Waals surface area contributed by atoms with E-state index in [1.54, 1.807) is 6.33 Å². The summed E-state index contributed by atoms with van der Waals surface area (Å²) in [5.41, 5.74) is 47.4. The van der Waals surface area contributed by atoms with Crippen molar-refractivity contribution >= 4 is 43.6 Å². The molecule has 8 aromatic carbocycles. The number of nitrogens with zero attached hydrogens (tertiary/aromatic N) is 10. The first kappa shape index (κ1) is 86.0. The zero-order valence-corrected chi connectivity index (χ0v) is 80.3. The molecule has 8 aromatic heterocycles. The molecule has 0 aliphatic heterocycles. The van der Waals surface area contributed by atoms with Crippen molar-refractivity contribution in [2.24, 2.45) is 28.2 Å². The van der Waals surface area contributed by atoms with Crippen molar-refractivity contribution in [1.29, 1.82) is 0 Å². The third-order valence-corrected chi connectivity index (χ3v) is 31.7. The van der Waals surface area contributed by atoms with Gasteiger partial charge in [0.25, 0.3) is 0 Å². The predicted octanol–water partition coefficient (Wildman–Crippen LogP) is 25.7. The molecule has 0 saturated heterocycles. The molecule has 10 heteroatoms. The number of aryl methyl sites for hydroxylation is 14. The lowest BCUT2D eigenvalue weighted by Crippen LogP contribution is -2.45. The Morgan fingerprint density at radius 1 is 0.254 bits per heavy atom. The Labute approximate surface area is 748 Å². The van der Waals surface area contributed by atoms with Gasteiger partial charge in [-0.05, 0) is 296 Å². The van der Waals surface area contributed by atoms with Crippen molar-refractivity contribution in [2.45, 2.75) is 223 Å². The molecule has 636 valence electrons. The van der Waals surface area contributed by atoms with Crippen LogP contribution in [-0.4, -0.2) is 29.9 Å². The van der Waals surface area contributed by atoms with E-state index >= 15 is 0 Å². The summed E-state index contributed by atoms with van der Waals surface area (Å²) in [5.74, 6) is 0.810. The molecule has 126 heavy (non-hydrogen) atoms. The van der Waals surface area contributed by atoms with Crippen molar-refractivity contribution in [3.8, 4) is 89.5 Å². The van der Waals surface area contributed by atoms with Crippen LogP contribution in [0.15, 0.2) is 220 Å². The molecular formula is C116H126N10+4. The highest BCUT2D eigenvalue weighted by molar-refractivity contribution is 5.97. The monoisotopic (exact) mass is 1660 g/mol. The lowest BCUT2D eigenvalue weighted by atomic mass is 9.54. The molecule has 0 spiro atoms. The van der Waals surface area contributed by atoms with E-state index in [-0.39, 0.29) is 43.3 Å². The molecule has 0 saturated carbocycles. The Kier molecular flexibility index (Phi) is 20.7. The Bertz CT molecular complexity index is 7040. The maximum atomic E-state index is 4.86. The molecule has 20 rings (SSSR count). The number of hydrogen-bond acceptors (Lipinski definition) is 6. The highest BCUT2D eigenvalue weighted by Crippen LogP contribution is 2.61. The third-order valence-electron chi connectivity index (χ3n) is 31.7. The molecule has 0 fully saturated rings. The van der Waals surface area contributed by atoms with Gasteiger partial charge >= 0.3 is 0 Å². The van der Waals surface area contributed by atoms with Gasteiger partial charge in [-0.15, -0.1) is 0 Å². The minimum atomic E-state index is -0.0719. The second kappa shape index (κ2) is 30.3. The summed E-state index contributed by atoms with van der Waals surface area (Å²) in [5, 5.41) is 4.70. The fourth-order valence-electron chi connectivity index (χ4n) is 21.2. The molecule has 4 aliphatic rings. The van der Waals surface area contributed by atoms with Crippen LogP contribution in [-0.2, 0) is 71.5 Å². The average molecular weight is 1660 g/mol. The Balaban J connectivity index is 0.000000119. The Morgan fingerprint density at radius 2 is 0.635 bits per heavy atom. The van der Waals surface area contributed by atoms with Gasteiger partial charge in [0.15, 0.2) is 24.8 Å². The van der Waals surface area contributed by atoms with Gasteiger partial charge in [-0.1, -0.05) is 165 Å². The minimum Gasteiger partial charge on any atom is -0.256 e. The second-order valence-corrected chi connectivity index (χ2v) is 41.6. The smallest absolute Gasteiger partial charge is 0.213 e. The highest BCUT2D eigenvalue weighted by atomic mass is 14.9. The molecule has 0 bridgehead atoms. The molecule has 0 amide bonds. The highest BCUT2D eigenvalue weighted by Gasteiger charge is 2.52. The SMILES string of the molecule is Cc1cc[n+](C)c(-c2c(C)ccc3c2C(C)(C)C(C)(C)c2c-3cnc3ccccc23)c1.Cc1cc[n+](C)c(-c2cc3c(cc2C)C(C)(C)C(C)(C)c2cc4ccc(C)nc4cc2-3)c1.Cc1cc[n+](C)c(-c2cc3c(cc2C)C(C)(C)C(C)(C)c2cc4cnc(C)nc4cc2-3)c1.Cc1cc[n+](C)c(-c2cc3c(cc2C)C(C)(C)C(C)(C)c2cc4cncnc4cc2-3)c1. The summed E-state index contributed by atoms with van der Waals surface area (Å²) in [6.45, 7) is 59.9. The topological polar surface area (TPSA) is 92.9 Å². The fourth-order valence-corrected chi connectivity index (χ4v) is 21.2. The zero-order valence-electron chi connectivity index (χ0n) is 80.3. The van der Waals surface area contributed by atoms with E-state index in [0.717, 1.165) is 44.4 Å². The lowest BCUT2D eigenvalue weighted by molar-refractivity contribution is -0.660. The van der Waals surface area contributed by atoms with Crippen LogP contribution in [0, 0.1) is 69.2 Å². The van der Waals surface area contributed by atoms with Crippen LogP contribution in [0.5, 0.6) is 0 Å². The summed E-state index contributed by atoms with van der Waals surface area (Å²) in [4.78, 5) is 27.7. The quantitative estimate of drug-likeness (QED) is 0.163. The van der Waals surface area contributed by atoms with Gasteiger partial charge in [0.1, 0.15) is 40.3 Å².